The summed E-state index contributed by atoms with van der Waals surface area (Å²) in [5, 5.41) is 0. The van der Waals surface area contributed by atoms with Gasteiger partial charge in [-0.3, -0.25) is 0 Å². The maximum absolute atomic E-state index is 13.0. The van der Waals surface area contributed by atoms with Crippen molar-refractivity contribution in [3.63, 3.8) is 0 Å². The van der Waals surface area contributed by atoms with Gasteiger partial charge in [-0.05, 0) is 12.1 Å². The van der Waals surface area contributed by atoms with Gasteiger partial charge in [-0.1, -0.05) is 6.07 Å². The van der Waals surface area contributed by atoms with Crippen LogP contribution < -0.4 is 4.74 Å². The van der Waals surface area contributed by atoms with Crippen molar-refractivity contribution < 1.29 is 22.3 Å². The van der Waals surface area contributed by atoms with Crippen LogP contribution in [-0.2, 0) is 0 Å². The van der Waals surface area contributed by atoms with Crippen LogP contribution in [0.3, 0.4) is 0 Å². The number of nitrogens with zero attached hydrogens (tertiary/aromatic N) is 1. The fourth-order valence-corrected chi connectivity index (χ4v) is 1.02. The fraction of sp³-hybridized carbons (Fsp3) is 0.125. The fourth-order valence-electron chi connectivity index (χ4n) is 1.02. The number of rotatable bonds is 2. The van der Waals surface area contributed by atoms with Crippen molar-refractivity contribution in [3.8, 4) is 6.08 Å². The second kappa shape index (κ2) is 3.21. The van der Waals surface area contributed by atoms with E-state index in [1.54, 1.807) is 0 Å². The van der Waals surface area contributed by atoms with E-state index >= 15 is 0 Å². The lowest BCUT2D eigenvalue weighted by atomic mass is 10.3. The van der Waals surface area contributed by atoms with Gasteiger partial charge in [0.1, 0.15) is 5.52 Å². The van der Waals surface area contributed by atoms with Crippen LogP contribution in [0.1, 0.15) is 0 Å². The predicted octanol–water partition coefficient (Wildman–Crippen LogP) is 2.57. The third-order valence-electron chi connectivity index (χ3n) is 1.54. The number of para-hydroxylation sites is 1. The molecule has 0 bridgehead atoms. The standard InChI is InChI=1S/C8H4F3NO2/c9-4-2-1-3-5-6(4)12-8(13-5)14-7(10)11/h1-3,7H. The first-order chi connectivity index (χ1) is 6.66. The zero-order chi connectivity index (χ0) is 10.1. The van der Waals surface area contributed by atoms with E-state index in [0.29, 0.717) is 0 Å². The van der Waals surface area contributed by atoms with Crippen LogP contribution in [0.5, 0.6) is 6.08 Å². The highest BCUT2D eigenvalue weighted by Gasteiger charge is 2.13. The first-order valence-electron chi connectivity index (χ1n) is 3.66. The van der Waals surface area contributed by atoms with E-state index in [9.17, 15) is 13.2 Å². The van der Waals surface area contributed by atoms with Crippen molar-refractivity contribution in [1.29, 1.82) is 0 Å². The van der Waals surface area contributed by atoms with Crippen LogP contribution in [0.2, 0.25) is 0 Å². The molecule has 1 aromatic carbocycles. The van der Waals surface area contributed by atoms with Crippen LogP contribution >= 0.6 is 0 Å². The molecule has 2 aromatic rings. The molecule has 2 rings (SSSR count). The lowest BCUT2D eigenvalue weighted by Crippen LogP contribution is -2.01. The average Bonchev–Trinajstić information content (AvgIpc) is 2.47. The smallest absolute Gasteiger partial charge is 0.399 e. The monoisotopic (exact) mass is 203 g/mol. The molecule has 0 spiro atoms. The Morgan fingerprint density at radius 1 is 1.36 bits per heavy atom. The van der Waals surface area contributed by atoms with Crippen molar-refractivity contribution in [2.75, 3.05) is 0 Å². The third-order valence-corrected chi connectivity index (χ3v) is 1.54. The molecular formula is C8H4F3NO2. The summed E-state index contributed by atoms with van der Waals surface area (Å²) in [4.78, 5) is 3.41. The summed E-state index contributed by atoms with van der Waals surface area (Å²) < 4.78 is 45.0. The van der Waals surface area contributed by atoms with E-state index in [1.807, 2.05) is 0 Å². The average molecular weight is 203 g/mol. The first kappa shape index (κ1) is 8.86. The van der Waals surface area contributed by atoms with Crippen LogP contribution in [0.25, 0.3) is 11.1 Å². The molecule has 0 unspecified atom stereocenters. The lowest BCUT2D eigenvalue weighted by molar-refractivity contribution is -0.0664. The van der Waals surface area contributed by atoms with Gasteiger partial charge in [0.15, 0.2) is 11.4 Å². The molecule has 74 valence electrons. The van der Waals surface area contributed by atoms with E-state index in [-0.39, 0.29) is 11.1 Å². The largest absolute Gasteiger partial charge is 0.409 e. The quantitative estimate of drug-likeness (QED) is 0.752. The number of fused-ring (bicyclic) bond motifs is 1. The molecule has 0 aliphatic heterocycles. The molecule has 1 aromatic heterocycles. The molecule has 0 radical (unpaired) electrons. The SMILES string of the molecule is Fc1cccc2oc(OC(F)F)nc12. The molecule has 0 N–H and O–H groups in total. The van der Waals surface area contributed by atoms with Crippen molar-refractivity contribution in [2.45, 2.75) is 6.61 Å². The zero-order valence-corrected chi connectivity index (χ0v) is 6.71. The molecular weight excluding hydrogens is 199 g/mol. The second-order valence-electron chi connectivity index (χ2n) is 2.44. The number of aromatic nitrogens is 1. The Labute approximate surface area is 76.1 Å². The number of ether oxygens (including phenoxy) is 1. The van der Waals surface area contributed by atoms with Gasteiger partial charge in [0.25, 0.3) is 0 Å². The lowest BCUT2D eigenvalue weighted by Gasteiger charge is -1.94. The van der Waals surface area contributed by atoms with Gasteiger partial charge in [0, 0.05) is 0 Å². The molecule has 0 aliphatic carbocycles. The zero-order valence-electron chi connectivity index (χ0n) is 6.71. The molecule has 0 saturated heterocycles. The summed E-state index contributed by atoms with van der Waals surface area (Å²) in [6, 6.07) is 3.94. The number of oxazole rings is 1. The summed E-state index contributed by atoms with van der Waals surface area (Å²) in [6.45, 7) is -3.04. The Bertz CT molecular complexity index is 455. The van der Waals surface area contributed by atoms with Crippen LogP contribution in [0, 0.1) is 5.82 Å². The molecule has 1 heterocycles. The van der Waals surface area contributed by atoms with Crippen molar-refractivity contribution in [2.24, 2.45) is 0 Å². The molecule has 3 nitrogen and oxygen atoms in total. The maximum atomic E-state index is 13.0. The molecule has 0 aliphatic rings. The summed E-state index contributed by atoms with van der Waals surface area (Å²) in [7, 11) is 0. The third kappa shape index (κ3) is 1.50. The van der Waals surface area contributed by atoms with Crippen molar-refractivity contribution in [1.82, 2.24) is 4.98 Å². The van der Waals surface area contributed by atoms with E-state index < -0.39 is 18.5 Å². The minimum absolute atomic E-state index is 0.0700. The van der Waals surface area contributed by atoms with Gasteiger partial charge in [-0.25, -0.2) is 4.39 Å². The van der Waals surface area contributed by atoms with Crippen LogP contribution in [0.15, 0.2) is 22.6 Å². The second-order valence-corrected chi connectivity index (χ2v) is 2.44. The summed E-state index contributed by atoms with van der Waals surface area (Å²) in [5.74, 6) is -0.643. The topological polar surface area (TPSA) is 35.3 Å². The summed E-state index contributed by atoms with van der Waals surface area (Å²) in [5.41, 5.74) is -0.0520. The van der Waals surface area contributed by atoms with Gasteiger partial charge in [-0.2, -0.15) is 13.8 Å². The van der Waals surface area contributed by atoms with E-state index in [4.69, 9.17) is 4.42 Å². The molecule has 0 amide bonds. The van der Waals surface area contributed by atoms with Gasteiger partial charge < -0.3 is 9.15 Å². The molecule has 0 fully saturated rings. The van der Waals surface area contributed by atoms with E-state index in [1.165, 1.54) is 12.1 Å². The summed E-state index contributed by atoms with van der Waals surface area (Å²) >= 11 is 0. The number of halogens is 3. The van der Waals surface area contributed by atoms with Crippen LogP contribution in [0.4, 0.5) is 13.2 Å². The van der Waals surface area contributed by atoms with Gasteiger partial charge in [0.05, 0.1) is 0 Å². The number of alkyl halides is 2. The van der Waals surface area contributed by atoms with E-state index in [0.717, 1.165) is 6.07 Å². The molecule has 0 atom stereocenters. The Morgan fingerprint density at radius 3 is 2.79 bits per heavy atom. The van der Waals surface area contributed by atoms with Crippen LogP contribution in [-0.4, -0.2) is 11.6 Å². The number of hydrogen-bond acceptors (Lipinski definition) is 3. The van der Waals surface area contributed by atoms with Gasteiger partial charge in [-0.15, -0.1) is 0 Å². The molecule has 14 heavy (non-hydrogen) atoms. The Morgan fingerprint density at radius 2 is 2.14 bits per heavy atom. The Kier molecular flexibility index (Phi) is 2.03. The van der Waals surface area contributed by atoms with Gasteiger partial charge in [0.2, 0.25) is 0 Å². The number of hydrogen-bond donors (Lipinski definition) is 0. The highest BCUT2D eigenvalue weighted by Crippen LogP contribution is 2.23. The molecule has 0 saturated carbocycles. The van der Waals surface area contributed by atoms with E-state index in [2.05, 4.69) is 9.72 Å². The maximum Gasteiger partial charge on any atom is 0.399 e. The molecule has 6 heteroatoms. The highest BCUT2D eigenvalue weighted by molar-refractivity contribution is 5.73. The van der Waals surface area contributed by atoms with Crippen molar-refractivity contribution >= 4 is 11.1 Å². The van der Waals surface area contributed by atoms with Crippen molar-refractivity contribution in [3.05, 3.63) is 24.0 Å². The Balaban J connectivity index is 2.46. The minimum atomic E-state index is -3.04. The Hall–Kier alpha value is -1.72. The number of benzene rings is 1. The normalized spacial score (nSPS) is 11.1. The first-order valence-corrected chi connectivity index (χ1v) is 3.66. The minimum Gasteiger partial charge on any atom is -0.409 e. The predicted molar refractivity (Wildman–Crippen MR) is 40.6 cm³/mol. The highest BCUT2D eigenvalue weighted by atomic mass is 19.3. The summed E-state index contributed by atoms with van der Waals surface area (Å²) in [6.07, 6.45) is -0.639. The van der Waals surface area contributed by atoms with Gasteiger partial charge >= 0.3 is 12.7 Å².